The Hall–Kier alpha value is -3.31. The van der Waals surface area contributed by atoms with Crippen molar-refractivity contribution >= 4 is 11.7 Å². The first kappa shape index (κ1) is 22.4. The van der Waals surface area contributed by atoms with Gasteiger partial charge in [0.2, 0.25) is 5.91 Å². The Labute approximate surface area is 182 Å². The van der Waals surface area contributed by atoms with E-state index in [1.54, 1.807) is 24.1 Å². The maximum Gasteiger partial charge on any atom is 0.236 e. The summed E-state index contributed by atoms with van der Waals surface area (Å²) in [5.74, 6) is -0.276. The van der Waals surface area contributed by atoms with Crippen molar-refractivity contribution in [3.8, 4) is 11.1 Å². The lowest BCUT2D eigenvalue weighted by atomic mass is 9.98. The van der Waals surface area contributed by atoms with Crippen molar-refractivity contribution in [3.63, 3.8) is 0 Å². The fourth-order valence-corrected chi connectivity index (χ4v) is 3.50. The number of amides is 1. The lowest BCUT2D eigenvalue weighted by molar-refractivity contribution is -0.128. The van der Waals surface area contributed by atoms with Gasteiger partial charge in [0.15, 0.2) is 5.78 Å². The van der Waals surface area contributed by atoms with Gasteiger partial charge in [-0.2, -0.15) is 0 Å². The Morgan fingerprint density at radius 3 is 2.39 bits per heavy atom. The lowest BCUT2D eigenvalue weighted by Gasteiger charge is -2.16. The van der Waals surface area contributed by atoms with Gasteiger partial charge in [-0.3, -0.25) is 9.59 Å². The molecule has 0 saturated carbocycles. The minimum atomic E-state index is -0.222. The normalized spacial score (nSPS) is 10.7. The minimum Gasteiger partial charge on any atom is -0.340 e. The Morgan fingerprint density at radius 1 is 0.935 bits per heavy atom. The van der Waals surface area contributed by atoms with Gasteiger partial charge in [0, 0.05) is 25.6 Å². The smallest absolute Gasteiger partial charge is 0.236 e. The zero-order valence-electron chi connectivity index (χ0n) is 17.7. The van der Waals surface area contributed by atoms with Gasteiger partial charge in [-0.25, -0.2) is 4.39 Å². The van der Waals surface area contributed by atoms with Crippen molar-refractivity contribution < 1.29 is 14.0 Å². The number of carbonyl (C=O) groups excluding carboxylic acids is 2. The summed E-state index contributed by atoms with van der Waals surface area (Å²) in [7, 11) is 1.73. The van der Waals surface area contributed by atoms with Crippen LogP contribution in [0.4, 0.5) is 4.39 Å². The van der Waals surface area contributed by atoms with Crippen LogP contribution in [0, 0.1) is 5.82 Å². The van der Waals surface area contributed by atoms with Gasteiger partial charge >= 0.3 is 0 Å². The van der Waals surface area contributed by atoms with Gasteiger partial charge in [-0.15, -0.1) is 0 Å². The van der Waals surface area contributed by atoms with Crippen LogP contribution in [0.2, 0.25) is 0 Å². The first-order valence-corrected chi connectivity index (χ1v) is 10.4. The monoisotopic (exact) mass is 418 g/mol. The van der Waals surface area contributed by atoms with Gasteiger partial charge in [0.25, 0.3) is 0 Å². The van der Waals surface area contributed by atoms with Crippen LogP contribution in [-0.4, -0.2) is 30.2 Å². The molecular weight excluding hydrogens is 391 g/mol. The van der Waals surface area contributed by atoms with Crippen LogP contribution >= 0.6 is 0 Å². The molecule has 31 heavy (non-hydrogen) atoms. The highest BCUT2D eigenvalue weighted by molar-refractivity contribution is 5.96. The van der Waals surface area contributed by atoms with Crippen LogP contribution in [0.15, 0.2) is 72.8 Å². The predicted octanol–water partition coefficient (Wildman–Crippen LogP) is 4.62. The molecule has 1 amide bonds. The second kappa shape index (κ2) is 10.6. The van der Waals surface area contributed by atoms with E-state index in [1.807, 2.05) is 54.6 Å². The van der Waals surface area contributed by atoms with Gasteiger partial charge in [-0.05, 0) is 47.2 Å². The highest BCUT2D eigenvalue weighted by Gasteiger charge is 2.10. The van der Waals surface area contributed by atoms with E-state index in [4.69, 9.17) is 5.73 Å². The molecule has 0 unspecified atom stereocenters. The molecule has 0 aliphatic heterocycles. The van der Waals surface area contributed by atoms with Crippen molar-refractivity contribution in [2.75, 3.05) is 13.6 Å². The van der Waals surface area contributed by atoms with Gasteiger partial charge in [0.1, 0.15) is 5.82 Å². The molecule has 3 rings (SSSR count). The average molecular weight is 419 g/mol. The highest BCUT2D eigenvalue weighted by atomic mass is 19.1. The SMILES string of the molecule is CN(Cc1cccc(-c2ccc(C(=O)CCCc3ccccc3F)cc2)c1)C(=O)CN. The largest absolute Gasteiger partial charge is 0.340 e. The zero-order chi connectivity index (χ0) is 22.2. The van der Waals surface area contributed by atoms with Gasteiger partial charge in [-0.1, -0.05) is 60.7 Å². The minimum absolute atomic E-state index is 0.00797. The summed E-state index contributed by atoms with van der Waals surface area (Å²) in [6.45, 7) is 0.481. The standard InChI is InChI=1S/C26H27FN2O2/c1-29(26(31)17-28)18-19-6-4-9-23(16-19)20-12-14-22(15-13-20)25(30)11-5-8-21-7-2-3-10-24(21)27/h2-4,6-7,9-10,12-16H,5,8,11,17-18,28H2,1H3. The molecule has 2 N–H and O–H groups in total. The number of benzene rings is 3. The maximum absolute atomic E-state index is 13.7. The molecule has 3 aromatic carbocycles. The van der Waals surface area contributed by atoms with Crippen LogP contribution in [0.5, 0.6) is 0 Å². The number of nitrogens with two attached hydrogens (primary N) is 1. The number of aryl methyl sites for hydroxylation is 1. The number of hydrogen-bond acceptors (Lipinski definition) is 3. The summed E-state index contributed by atoms with van der Waals surface area (Å²) in [6, 6.07) is 22.1. The number of nitrogens with zero attached hydrogens (tertiary/aromatic N) is 1. The van der Waals surface area contributed by atoms with Crippen molar-refractivity contribution in [2.45, 2.75) is 25.8 Å². The molecule has 0 radical (unpaired) electrons. The van der Waals surface area contributed by atoms with Crippen molar-refractivity contribution in [1.82, 2.24) is 4.90 Å². The van der Waals surface area contributed by atoms with Crippen molar-refractivity contribution in [1.29, 1.82) is 0 Å². The number of hydrogen-bond donors (Lipinski definition) is 1. The first-order valence-electron chi connectivity index (χ1n) is 10.4. The maximum atomic E-state index is 13.7. The summed E-state index contributed by atoms with van der Waals surface area (Å²) < 4.78 is 13.7. The Bertz CT molecular complexity index is 1050. The number of carbonyl (C=O) groups is 2. The fourth-order valence-electron chi connectivity index (χ4n) is 3.50. The van der Waals surface area contributed by atoms with E-state index in [1.165, 1.54) is 6.07 Å². The second-order valence-corrected chi connectivity index (χ2v) is 7.60. The second-order valence-electron chi connectivity index (χ2n) is 7.60. The molecule has 0 atom stereocenters. The van der Waals surface area contributed by atoms with Crippen molar-refractivity contribution in [3.05, 3.63) is 95.3 Å². The van der Waals surface area contributed by atoms with E-state index in [2.05, 4.69) is 0 Å². The van der Waals surface area contributed by atoms with Gasteiger partial charge < -0.3 is 10.6 Å². The molecule has 0 spiro atoms. The first-order chi connectivity index (χ1) is 15.0. The number of ketones is 1. The van der Waals surface area contributed by atoms with E-state index in [0.29, 0.717) is 36.9 Å². The zero-order valence-corrected chi connectivity index (χ0v) is 17.7. The summed E-state index contributed by atoms with van der Waals surface area (Å²) in [5.41, 5.74) is 9.74. The lowest BCUT2D eigenvalue weighted by Crippen LogP contribution is -2.32. The average Bonchev–Trinajstić information content (AvgIpc) is 2.80. The molecule has 160 valence electrons. The Kier molecular flexibility index (Phi) is 7.68. The third-order valence-electron chi connectivity index (χ3n) is 5.30. The van der Waals surface area contributed by atoms with E-state index in [9.17, 15) is 14.0 Å². The topological polar surface area (TPSA) is 63.4 Å². The number of likely N-dealkylation sites (N-methyl/N-ethyl adjacent to an activating group) is 1. The molecule has 5 heteroatoms. The molecule has 0 fully saturated rings. The predicted molar refractivity (Wildman–Crippen MR) is 121 cm³/mol. The van der Waals surface area contributed by atoms with Crippen LogP contribution in [0.1, 0.15) is 34.3 Å². The van der Waals surface area contributed by atoms with E-state index in [-0.39, 0.29) is 24.1 Å². The number of halogens is 1. The highest BCUT2D eigenvalue weighted by Crippen LogP contribution is 2.22. The van der Waals surface area contributed by atoms with Gasteiger partial charge in [0.05, 0.1) is 6.54 Å². The number of Topliss-reactive ketones (excluding diaryl/α,β-unsaturated/α-hetero) is 1. The molecule has 0 aliphatic carbocycles. The van der Waals surface area contributed by atoms with E-state index in [0.717, 1.165) is 16.7 Å². The molecule has 4 nitrogen and oxygen atoms in total. The third-order valence-corrected chi connectivity index (χ3v) is 5.30. The Balaban J connectivity index is 1.60. The molecule has 0 heterocycles. The van der Waals surface area contributed by atoms with Crippen LogP contribution in [0.3, 0.4) is 0 Å². The van der Waals surface area contributed by atoms with Crippen LogP contribution in [0.25, 0.3) is 11.1 Å². The fraction of sp³-hybridized carbons (Fsp3) is 0.231. The summed E-state index contributed by atoms with van der Waals surface area (Å²) in [5, 5.41) is 0. The quantitative estimate of drug-likeness (QED) is 0.516. The van der Waals surface area contributed by atoms with Crippen LogP contribution < -0.4 is 5.73 Å². The summed E-state index contributed by atoms with van der Waals surface area (Å²) in [4.78, 5) is 25.8. The molecule has 0 aliphatic rings. The summed E-state index contributed by atoms with van der Waals surface area (Å²) >= 11 is 0. The van der Waals surface area contributed by atoms with E-state index < -0.39 is 0 Å². The third kappa shape index (κ3) is 6.09. The van der Waals surface area contributed by atoms with E-state index >= 15 is 0 Å². The Morgan fingerprint density at radius 2 is 1.68 bits per heavy atom. The molecular formula is C26H27FN2O2. The molecule has 0 saturated heterocycles. The molecule has 3 aromatic rings. The van der Waals surface area contributed by atoms with Crippen molar-refractivity contribution in [2.24, 2.45) is 5.73 Å². The summed E-state index contributed by atoms with van der Waals surface area (Å²) in [6.07, 6.45) is 1.54. The molecule has 0 bridgehead atoms. The van der Waals surface area contributed by atoms with Crippen LogP contribution in [-0.2, 0) is 17.8 Å². The molecule has 0 aromatic heterocycles. The number of rotatable bonds is 9.